The fourth-order valence-corrected chi connectivity index (χ4v) is 3.83. The van der Waals surface area contributed by atoms with Gasteiger partial charge in [-0.15, -0.1) is 0 Å². The monoisotopic (exact) mass is 415 g/mol. The van der Waals surface area contributed by atoms with Gasteiger partial charge in [0.05, 0.1) is 6.04 Å². The lowest BCUT2D eigenvalue weighted by atomic mass is 10.0. The standard InChI is InChI=1S/C23H30ClN3O2/c1-17-5-4-6-18(2)23(17)29-16-22(28)25-15-21(19-7-9-20(24)10-8-19)27-13-11-26(3)12-14-27/h4-10,21H,11-16H2,1-3H3,(H,25,28)/t21-/m1/s1. The van der Waals surface area contributed by atoms with E-state index < -0.39 is 0 Å². The first-order chi connectivity index (χ1) is 13.9. The number of amides is 1. The van der Waals surface area contributed by atoms with Gasteiger partial charge in [0.15, 0.2) is 6.61 Å². The van der Waals surface area contributed by atoms with E-state index in [0.29, 0.717) is 6.54 Å². The molecular weight excluding hydrogens is 386 g/mol. The summed E-state index contributed by atoms with van der Waals surface area (Å²) in [5.74, 6) is 0.678. The van der Waals surface area contributed by atoms with Crippen LogP contribution in [-0.2, 0) is 4.79 Å². The number of para-hydroxylation sites is 1. The molecule has 1 heterocycles. The number of rotatable bonds is 7. The summed E-state index contributed by atoms with van der Waals surface area (Å²) in [6, 6.07) is 14.0. The molecule has 1 fully saturated rings. The number of hydrogen-bond acceptors (Lipinski definition) is 4. The van der Waals surface area contributed by atoms with Crippen molar-refractivity contribution < 1.29 is 9.53 Å². The predicted molar refractivity (Wildman–Crippen MR) is 118 cm³/mol. The Morgan fingerprint density at radius 1 is 1.07 bits per heavy atom. The third kappa shape index (κ3) is 5.95. The second-order valence-corrected chi connectivity index (χ2v) is 8.16. The summed E-state index contributed by atoms with van der Waals surface area (Å²) in [5, 5.41) is 3.78. The van der Waals surface area contributed by atoms with E-state index in [2.05, 4.69) is 22.2 Å². The molecule has 1 amide bonds. The Morgan fingerprint density at radius 2 is 1.69 bits per heavy atom. The number of halogens is 1. The average Bonchev–Trinajstić information content (AvgIpc) is 2.70. The van der Waals surface area contributed by atoms with Gasteiger partial charge in [-0.2, -0.15) is 0 Å². The number of aryl methyl sites for hydroxylation is 2. The molecule has 3 rings (SSSR count). The fraction of sp³-hybridized carbons (Fsp3) is 0.435. The topological polar surface area (TPSA) is 44.8 Å². The van der Waals surface area contributed by atoms with Crippen molar-refractivity contribution in [1.29, 1.82) is 0 Å². The minimum absolute atomic E-state index is 0.0156. The highest BCUT2D eigenvalue weighted by Crippen LogP contribution is 2.24. The third-order valence-corrected chi connectivity index (χ3v) is 5.73. The molecule has 0 radical (unpaired) electrons. The highest BCUT2D eigenvalue weighted by molar-refractivity contribution is 6.30. The van der Waals surface area contributed by atoms with Gasteiger partial charge in [-0.25, -0.2) is 0 Å². The van der Waals surface area contributed by atoms with Gasteiger partial charge < -0.3 is 15.0 Å². The first-order valence-corrected chi connectivity index (χ1v) is 10.5. The molecule has 1 atom stereocenters. The first kappa shape index (κ1) is 21.6. The lowest BCUT2D eigenvalue weighted by Gasteiger charge is -2.38. The van der Waals surface area contributed by atoms with Crippen LogP contribution < -0.4 is 10.1 Å². The molecule has 1 saturated heterocycles. The Kier molecular flexibility index (Phi) is 7.53. The molecule has 1 aliphatic heterocycles. The summed E-state index contributed by atoms with van der Waals surface area (Å²) in [5.41, 5.74) is 3.23. The second-order valence-electron chi connectivity index (χ2n) is 7.72. The van der Waals surface area contributed by atoms with E-state index in [4.69, 9.17) is 16.3 Å². The number of nitrogens with one attached hydrogen (secondary N) is 1. The predicted octanol–water partition coefficient (Wildman–Crippen LogP) is 3.44. The molecule has 156 valence electrons. The zero-order valence-electron chi connectivity index (χ0n) is 17.5. The molecule has 0 unspecified atom stereocenters. The Bertz CT molecular complexity index is 797. The Morgan fingerprint density at radius 3 is 2.31 bits per heavy atom. The number of ether oxygens (including phenoxy) is 1. The SMILES string of the molecule is Cc1cccc(C)c1OCC(=O)NC[C@H](c1ccc(Cl)cc1)N1CCN(C)CC1. The van der Waals surface area contributed by atoms with E-state index in [1.165, 1.54) is 0 Å². The van der Waals surface area contributed by atoms with Crippen LogP contribution in [0.1, 0.15) is 22.7 Å². The minimum Gasteiger partial charge on any atom is -0.483 e. The van der Waals surface area contributed by atoms with Crippen molar-refractivity contribution in [3.05, 3.63) is 64.2 Å². The van der Waals surface area contributed by atoms with Crippen LogP contribution in [0.4, 0.5) is 0 Å². The molecule has 2 aromatic carbocycles. The maximum atomic E-state index is 12.5. The van der Waals surface area contributed by atoms with Gasteiger partial charge in [0, 0.05) is 37.7 Å². The third-order valence-electron chi connectivity index (χ3n) is 5.48. The summed E-state index contributed by atoms with van der Waals surface area (Å²) >= 11 is 6.07. The molecule has 0 aliphatic carbocycles. The van der Waals surface area contributed by atoms with Crippen molar-refractivity contribution in [1.82, 2.24) is 15.1 Å². The molecular formula is C23H30ClN3O2. The molecule has 0 saturated carbocycles. The Balaban J connectivity index is 1.61. The molecule has 0 aromatic heterocycles. The normalized spacial score (nSPS) is 16.4. The van der Waals surface area contributed by atoms with Crippen molar-refractivity contribution in [2.45, 2.75) is 19.9 Å². The molecule has 0 bridgehead atoms. The van der Waals surface area contributed by atoms with E-state index >= 15 is 0 Å². The number of nitrogens with zero attached hydrogens (tertiary/aromatic N) is 2. The molecule has 0 spiro atoms. The van der Waals surface area contributed by atoms with E-state index in [0.717, 1.165) is 53.6 Å². The van der Waals surface area contributed by atoms with Gasteiger partial charge in [-0.05, 0) is 49.7 Å². The number of piperazine rings is 1. The minimum atomic E-state index is -0.110. The van der Waals surface area contributed by atoms with E-state index in [-0.39, 0.29) is 18.6 Å². The van der Waals surface area contributed by atoms with Gasteiger partial charge in [0.1, 0.15) is 5.75 Å². The average molecular weight is 416 g/mol. The Labute approximate surface area is 178 Å². The van der Waals surface area contributed by atoms with Crippen LogP contribution in [0.25, 0.3) is 0 Å². The van der Waals surface area contributed by atoms with Crippen LogP contribution in [0.5, 0.6) is 5.75 Å². The zero-order valence-corrected chi connectivity index (χ0v) is 18.2. The largest absolute Gasteiger partial charge is 0.483 e. The van der Waals surface area contributed by atoms with Crippen molar-refractivity contribution in [3.63, 3.8) is 0 Å². The van der Waals surface area contributed by atoms with Gasteiger partial charge in [0.25, 0.3) is 5.91 Å². The lowest BCUT2D eigenvalue weighted by Crippen LogP contribution is -2.48. The first-order valence-electron chi connectivity index (χ1n) is 10.1. The van der Waals surface area contributed by atoms with Gasteiger partial charge in [-0.3, -0.25) is 9.69 Å². The molecule has 6 heteroatoms. The van der Waals surface area contributed by atoms with E-state index in [1.807, 2.05) is 56.3 Å². The van der Waals surface area contributed by atoms with Crippen LogP contribution in [-0.4, -0.2) is 62.1 Å². The van der Waals surface area contributed by atoms with Crippen LogP contribution in [0, 0.1) is 13.8 Å². The van der Waals surface area contributed by atoms with Crippen molar-refractivity contribution in [2.75, 3.05) is 46.4 Å². The fourth-order valence-electron chi connectivity index (χ4n) is 3.70. The molecule has 2 aromatic rings. The smallest absolute Gasteiger partial charge is 0.258 e. The highest BCUT2D eigenvalue weighted by Gasteiger charge is 2.24. The summed E-state index contributed by atoms with van der Waals surface area (Å²) in [7, 11) is 2.14. The molecule has 1 N–H and O–H groups in total. The summed E-state index contributed by atoms with van der Waals surface area (Å²) in [6.45, 7) is 8.52. The van der Waals surface area contributed by atoms with Crippen LogP contribution >= 0.6 is 11.6 Å². The van der Waals surface area contributed by atoms with Crippen molar-refractivity contribution in [3.8, 4) is 5.75 Å². The van der Waals surface area contributed by atoms with Crippen LogP contribution in [0.3, 0.4) is 0 Å². The number of carbonyl (C=O) groups is 1. The van der Waals surface area contributed by atoms with E-state index in [1.54, 1.807) is 0 Å². The van der Waals surface area contributed by atoms with Crippen molar-refractivity contribution >= 4 is 17.5 Å². The maximum absolute atomic E-state index is 12.5. The van der Waals surface area contributed by atoms with E-state index in [9.17, 15) is 4.79 Å². The zero-order chi connectivity index (χ0) is 20.8. The van der Waals surface area contributed by atoms with Crippen LogP contribution in [0.15, 0.2) is 42.5 Å². The summed E-state index contributed by atoms with van der Waals surface area (Å²) in [4.78, 5) is 17.2. The second kappa shape index (κ2) is 10.1. The molecule has 29 heavy (non-hydrogen) atoms. The van der Waals surface area contributed by atoms with Gasteiger partial charge in [-0.1, -0.05) is 41.9 Å². The maximum Gasteiger partial charge on any atom is 0.258 e. The number of likely N-dealkylation sites (N-methyl/N-ethyl adjacent to an activating group) is 1. The quantitative estimate of drug-likeness (QED) is 0.752. The lowest BCUT2D eigenvalue weighted by molar-refractivity contribution is -0.123. The number of carbonyl (C=O) groups excluding carboxylic acids is 1. The Hall–Kier alpha value is -2.08. The van der Waals surface area contributed by atoms with Gasteiger partial charge in [0.2, 0.25) is 0 Å². The summed E-state index contributed by atoms with van der Waals surface area (Å²) in [6.07, 6.45) is 0. The number of hydrogen-bond donors (Lipinski definition) is 1. The molecule has 1 aliphatic rings. The molecule has 5 nitrogen and oxygen atoms in total. The summed E-state index contributed by atoms with van der Waals surface area (Å²) < 4.78 is 5.79. The number of benzene rings is 2. The highest BCUT2D eigenvalue weighted by atomic mass is 35.5. The van der Waals surface area contributed by atoms with Crippen molar-refractivity contribution in [2.24, 2.45) is 0 Å². The van der Waals surface area contributed by atoms with Gasteiger partial charge >= 0.3 is 0 Å². The van der Waals surface area contributed by atoms with Crippen LogP contribution in [0.2, 0.25) is 5.02 Å².